The Morgan fingerprint density at radius 2 is 1.69 bits per heavy atom. The van der Waals surface area contributed by atoms with Crippen molar-refractivity contribution in [2.45, 2.75) is 18.6 Å². The van der Waals surface area contributed by atoms with Crippen molar-refractivity contribution >= 4 is 32.4 Å². The highest BCUT2D eigenvalue weighted by Crippen LogP contribution is 2.26. The Hall–Kier alpha value is -2.70. The average Bonchev–Trinajstić information content (AvgIpc) is 2.74. The number of hydrogen-bond donors (Lipinski definition) is 1. The first-order chi connectivity index (χ1) is 14.0. The second-order valence-electron chi connectivity index (χ2n) is 7.45. The van der Waals surface area contributed by atoms with Gasteiger partial charge in [-0.3, -0.25) is 4.79 Å². The van der Waals surface area contributed by atoms with Gasteiger partial charge < -0.3 is 5.32 Å². The van der Waals surface area contributed by atoms with Crippen LogP contribution in [0.3, 0.4) is 0 Å². The molecule has 1 heterocycles. The predicted octanol–water partition coefficient (Wildman–Crippen LogP) is 4.02. The fourth-order valence-electron chi connectivity index (χ4n) is 3.85. The lowest BCUT2D eigenvalue weighted by molar-refractivity contribution is -0.120. The molecule has 1 aliphatic rings. The SMILES string of the molecule is O=C(Nc1cccc2ccccc12)[C@@H]1CCCN(S(=O)(=O)Cc2ccccc2)C1. The molecule has 4 rings (SSSR count). The molecule has 0 spiro atoms. The quantitative estimate of drug-likeness (QED) is 0.693. The summed E-state index contributed by atoms with van der Waals surface area (Å²) in [5.41, 5.74) is 1.52. The molecule has 1 aliphatic heterocycles. The van der Waals surface area contributed by atoms with E-state index in [1.807, 2.05) is 72.8 Å². The molecule has 0 saturated carbocycles. The maximum absolute atomic E-state index is 12.9. The van der Waals surface area contributed by atoms with E-state index in [1.54, 1.807) is 0 Å². The van der Waals surface area contributed by atoms with Gasteiger partial charge in [0, 0.05) is 24.2 Å². The van der Waals surface area contributed by atoms with Gasteiger partial charge >= 0.3 is 0 Å². The topological polar surface area (TPSA) is 66.5 Å². The molecular weight excluding hydrogens is 384 g/mol. The van der Waals surface area contributed by atoms with E-state index in [9.17, 15) is 13.2 Å². The van der Waals surface area contributed by atoms with E-state index in [0.29, 0.717) is 19.4 Å². The Labute approximate surface area is 171 Å². The van der Waals surface area contributed by atoms with Crippen LogP contribution >= 0.6 is 0 Å². The lowest BCUT2D eigenvalue weighted by Gasteiger charge is -2.31. The fourth-order valence-corrected chi connectivity index (χ4v) is 5.47. The van der Waals surface area contributed by atoms with Crippen LogP contribution < -0.4 is 5.32 Å². The average molecular weight is 409 g/mol. The van der Waals surface area contributed by atoms with Gasteiger partial charge in [0.1, 0.15) is 0 Å². The Kier molecular flexibility index (Phi) is 5.65. The Morgan fingerprint density at radius 1 is 0.966 bits per heavy atom. The molecule has 29 heavy (non-hydrogen) atoms. The van der Waals surface area contributed by atoms with E-state index >= 15 is 0 Å². The van der Waals surface area contributed by atoms with E-state index < -0.39 is 10.0 Å². The van der Waals surface area contributed by atoms with Gasteiger partial charge in [0.25, 0.3) is 0 Å². The minimum atomic E-state index is -3.46. The van der Waals surface area contributed by atoms with E-state index in [4.69, 9.17) is 0 Å². The van der Waals surface area contributed by atoms with Gasteiger partial charge in [0.2, 0.25) is 15.9 Å². The zero-order valence-corrected chi connectivity index (χ0v) is 16.9. The normalized spacial score (nSPS) is 17.9. The predicted molar refractivity (Wildman–Crippen MR) is 116 cm³/mol. The molecule has 0 aliphatic carbocycles. The number of sulfonamides is 1. The number of amides is 1. The number of hydrogen-bond acceptors (Lipinski definition) is 3. The van der Waals surface area contributed by atoms with Gasteiger partial charge in [0.15, 0.2) is 0 Å². The molecule has 0 bridgehead atoms. The summed E-state index contributed by atoms with van der Waals surface area (Å²) < 4.78 is 27.2. The summed E-state index contributed by atoms with van der Waals surface area (Å²) in [5, 5.41) is 5.05. The lowest BCUT2D eigenvalue weighted by atomic mass is 9.98. The van der Waals surface area contributed by atoms with Gasteiger partial charge in [-0.15, -0.1) is 0 Å². The highest BCUT2D eigenvalue weighted by molar-refractivity contribution is 7.88. The fraction of sp³-hybridized carbons (Fsp3) is 0.261. The van der Waals surface area contributed by atoms with E-state index in [-0.39, 0.29) is 24.1 Å². The number of anilines is 1. The van der Waals surface area contributed by atoms with Crippen LogP contribution in [-0.4, -0.2) is 31.7 Å². The molecule has 150 valence electrons. The van der Waals surface area contributed by atoms with Crippen LogP contribution in [0.5, 0.6) is 0 Å². The van der Waals surface area contributed by atoms with Gasteiger partial charge in [-0.05, 0) is 29.9 Å². The molecule has 5 nitrogen and oxygen atoms in total. The second kappa shape index (κ2) is 8.35. The van der Waals surface area contributed by atoms with Crippen molar-refractivity contribution in [3.63, 3.8) is 0 Å². The highest BCUT2D eigenvalue weighted by Gasteiger charge is 2.32. The third kappa shape index (κ3) is 4.49. The number of fused-ring (bicyclic) bond motifs is 1. The molecule has 0 unspecified atom stereocenters. The minimum absolute atomic E-state index is 0.0362. The van der Waals surface area contributed by atoms with Crippen LogP contribution in [0.1, 0.15) is 18.4 Å². The van der Waals surface area contributed by atoms with Crippen molar-refractivity contribution in [3.05, 3.63) is 78.4 Å². The van der Waals surface area contributed by atoms with Crippen molar-refractivity contribution in [2.75, 3.05) is 18.4 Å². The van der Waals surface area contributed by atoms with Gasteiger partial charge in [-0.2, -0.15) is 0 Å². The molecule has 0 radical (unpaired) electrons. The number of benzene rings is 3. The Balaban J connectivity index is 1.47. The first-order valence-electron chi connectivity index (χ1n) is 9.83. The summed E-state index contributed by atoms with van der Waals surface area (Å²) in [7, 11) is -3.46. The highest BCUT2D eigenvalue weighted by atomic mass is 32.2. The van der Waals surface area contributed by atoms with Crippen molar-refractivity contribution in [2.24, 2.45) is 5.92 Å². The van der Waals surface area contributed by atoms with Gasteiger partial charge in [-0.1, -0.05) is 66.7 Å². The molecule has 3 aromatic rings. The Morgan fingerprint density at radius 3 is 2.52 bits per heavy atom. The smallest absolute Gasteiger partial charge is 0.228 e. The number of nitrogens with one attached hydrogen (secondary N) is 1. The van der Waals surface area contributed by atoms with Gasteiger partial charge in [0.05, 0.1) is 11.7 Å². The van der Waals surface area contributed by atoms with Crippen molar-refractivity contribution in [1.82, 2.24) is 4.31 Å². The largest absolute Gasteiger partial charge is 0.325 e. The maximum atomic E-state index is 12.9. The standard InChI is InChI=1S/C23H24N2O3S/c26-23(24-22-14-6-11-19-10-4-5-13-21(19)22)20-12-7-15-25(16-20)29(27,28)17-18-8-2-1-3-9-18/h1-6,8-11,13-14,20H,7,12,15-17H2,(H,24,26)/t20-/m1/s1. The number of piperidine rings is 1. The third-order valence-corrected chi connectivity index (χ3v) is 7.20. The summed E-state index contributed by atoms with van der Waals surface area (Å²) in [4.78, 5) is 12.9. The summed E-state index contributed by atoms with van der Waals surface area (Å²) in [6.45, 7) is 0.693. The van der Waals surface area contributed by atoms with E-state index in [0.717, 1.165) is 22.0 Å². The molecule has 3 aromatic carbocycles. The second-order valence-corrected chi connectivity index (χ2v) is 9.42. The van der Waals surface area contributed by atoms with Crippen LogP contribution in [0.15, 0.2) is 72.8 Å². The summed E-state index contributed by atoms with van der Waals surface area (Å²) >= 11 is 0. The van der Waals surface area contributed by atoms with Crippen LogP contribution in [0.25, 0.3) is 10.8 Å². The van der Waals surface area contributed by atoms with E-state index in [1.165, 1.54) is 4.31 Å². The van der Waals surface area contributed by atoms with Crippen LogP contribution in [0.4, 0.5) is 5.69 Å². The third-order valence-electron chi connectivity index (χ3n) is 5.39. The van der Waals surface area contributed by atoms with E-state index in [2.05, 4.69) is 5.32 Å². The number of carbonyl (C=O) groups is 1. The molecular formula is C23H24N2O3S. The molecule has 0 aromatic heterocycles. The van der Waals surface area contributed by atoms with Gasteiger partial charge in [-0.25, -0.2) is 12.7 Å². The first kappa shape index (κ1) is 19.6. The molecule has 1 amide bonds. The van der Waals surface area contributed by atoms with Crippen LogP contribution in [-0.2, 0) is 20.6 Å². The molecule has 1 atom stereocenters. The number of nitrogens with zero attached hydrogens (tertiary/aromatic N) is 1. The van der Waals surface area contributed by atoms with Crippen molar-refractivity contribution < 1.29 is 13.2 Å². The minimum Gasteiger partial charge on any atom is -0.325 e. The molecule has 1 fully saturated rings. The molecule has 1 saturated heterocycles. The number of rotatable bonds is 5. The summed E-state index contributed by atoms with van der Waals surface area (Å²) in [5.74, 6) is -0.514. The zero-order valence-electron chi connectivity index (χ0n) is 16.1. The number of carbonyl (C=O) groups excluding carboxylic acids is 1. The maximum Gasteiger partial charge on any atom is 0.228 e. The first-order valence-corrected chi connectivity index (χ1v) is 11.4. The monoisotopic (exact) mass is 408 g/mol. The summed E-state index contributed by atoms with van der Waals surface area (Å²) in [6.07, 6.45) is 1.37. The lowest BCUT2D eigenvalue weighted by Crippen LogP contribution is -2.44. The zero-order chi connectivity index (χ0) is 20.3. The van der Waals surface area contributed by atoms with Crippen LogP contribution in [0, 0.1) is 5.92 Å². The molecule has 1 N–H and O–H groups in total. The van der Waals surface area contributed by atoms with Crippen molar-refractivity contribution in [3.8, 4) is 0 Å². The summed E-state index contributed by atoms with van der Waals surface area (Å²) in [6, 6.07) is 22.8. The van der Waals surface area contributed by atoms with Crippen molar-refractivity contribution in [1.29, 1.82) is 0 Å². The molecule has 6 heteroatoms. The Bertz CT molecular complexity index is 1110. The van der Waals surface area contributed by atoms with Crippen LogP contribution in [0.2, 0.25) is 0 Å².